The molecule has 0 saturated carbocycles. The molecule has 0 aromatic heterocycles. The molecule has 0 amide bonds. The Morgan fingerprint density at radius 3 is 0.406 bits per heavy atom. The molecule has 0 bridgehead atoms. The topological polar surface area (TPSA) is 0 Å². The van der Waals surface area contributed by atoms with Crippen molar-refractivity contribution in [3.8, 4) is 0 Å². The molecule has 0 spiro atoms. The van der Waals surface area contributed by atoms with Crippen molar-refractivity contribution < 1.29 is 71.3 Å². The van der Waals surface area contributed by atoms with Gasteiger partial charge in [0, 0.05) is 0 Å². The maximum atomic E-state index is 9.75. The minimum Gasteiger partial charge on any atom is -0.418 e. The van der Waals surface area contributed by atoms with Crippen LogP contribution >= 0.6 is 0 Å². The predicted octanol–water partition coefficient (Wildman–Crippen LogP) is 9.24. The second-order valence-electron chi connectivity index (χ2n) is 5.68. The summed E-state index contributed by atoms with van der Waals surface area (Å²) in [7, 11) is -18.0. The summed E-state index contributed by atoms with van der Waals surface area (Å²) in [5, 5.41) is 0. The van der Waals surface area contributed by atoms with E-state index in [4.69, 9.17) is 0 Å². The molecule has 16 heteroatoms. The van der Waals surface area contributed by atoms with Gasteiger partial charge in [0.1, 0.15) is 0 Å². The molecule has 0 aliphatic heterocycles. The molecule has 2 rings (SSSR count). The Balaban J connectivity index is -0.000000156. The fraction of sp³-hybridized carbons (Fsp3) is 0.500. The van der Waals surface area contributed by atoms with Gasteiger partial charge in [-0.3, -0.25) is 0 Å². The van der Waals surface area contributed by atoms with E-state index in [-0.39, 0.29) is 19.5 Å². The molecular formula is C16H24B3F12Rh. The summed E-state index contributed by atoms with van der Waals surface area (Å²) in [5.41, 5.74) is 0. The van der Waals surface area contributed by atoms with E-state index in [1.54, 1.807) is 0 Å². The van der Waals surface area contributed by atoms with Crippen molar-refractivity contribution in [3.05, 3.63) is 48.6 Å². The number of hydrogen-bond donors (Lipinski definition) is 0. The standard InChI is InChI=1S/2C8H12.3BF4.Rh/c2*1-2-4-6-8-7-5-3-1;3*2-1(3,4)5;/h2*1-2,7-8H,3-6H2;;;;/q;;3*-1;+3/b2*2-1-,8-7-;;;;. The zero-order chi connectivity index (χ0) is 24.8. The second-order valence-corrected chi connectivity index (χ2v) is 5.68. The Labute approximate surface area is 193 Å². The summed E-state index contributed by atoms with van der Waals surface area (Å²) in [6.07, 6.45) is 28.0. The summed E-state index contributed by atoms with van der Waals surface area (Å²) >= 11 is 0. The number of halogens is 12. The van der Waals surface area contributed by atoms with Crippen molar-refractivity contribution in [2.24, 2.45) is 0 Å². The summed E-state index contributed by atoms with van der Waals surface area (Å²) in [4.78, 5) is 0. The fourth-order valence-electron chi connectivity index (χ4n) is 1.71. The average Bonchev–Trinajstić information content (AvgIpc) is 2.40. The van der Waals surface area contributed by atoms with Gasteiger partial charge < -0.3 is 51.8 Å². The molecular weight excluding hydrogens is 555 g/mol. The first-order valence-corrected chi connectivity index (χ1v) is 9.22. The minimum atomic E-state index is -6.00. The van der Waals surface area contributed by atoms with Crippen LogP contribution in [0.5, 0.6) is 0 Å². The summed E-state index contributed by atoms with van der Waals surface area (Å²) in [6, 6.07) is 0. The van der Waals surface area contributed by atoms with Crippen LogP contribution in [0.15, 0.2) is 48.6 Å². The van der Waals surface area contributed by atoms with Gasteiger partial charge in [-0.1, -0.05) is 48.6 Å². The van der Waals surface area contributed by atoms with Gasteiger partial charge in [0.15, 0.2) is 0 Å². The van der Waals surface area contributed by atoms with Crippen LogP contribution in [0.25, 0.3) is 0 Å². The summed E-state index contributed by atoms with van der Waals surface area (Å²) in [6.45, 7) is 0. The van der Waals surface area contributed by atoms with Gasteiger partial charge in [-0.05, 0) is 51.4 Å². The molecule has 0 unspecified atom stereocenters. The molecule has 0 nitrogen and oxygen atoms in total. The predicted molar refractivity (Wildman–Crippen MR) is 104 cm³/mol. The molecule has 0 radical (unpaired) electrons. The first-order valence-electron chi connectivity index (χ1n) is 9.22. The Morgan fingerprint density at radius 2 is 0.344 bits per heavy atom. The summed E-state index contributed by atoms with van der Waals surface area (Å²) in [5.74, 6) is 0. The maximum Gasteiger partial charge on any atom is 3.00 e. The normalized spacial score (nSPS) is 19.6. The minimum absolute atomic E-state index is 0. The van der Waals surface area contributed by atoms with E-state index in [0.29, 0.717) is 0 Å². The van der Waals surface area contributed by atoms with Crippen molar-refractivity contribution >= 4 is 21.8 Å². The zero-order valence-corrected chi connectivity index (χ0v) is 18.5. The van der Waals surface area contributed by atoms with Gasteiger partial charge in [-0.2, -0.15) is 0 Å². The molecule has 0 aromatic carbocycles. The van der Waals surface area contributed by atoms with Crippen LogP contribution in [0.1, 0.15) is 51.4 Å². The Hall–Kier alpha value is -1.06. The van der Waals surface area contributed by atoms with Gasteiger partial charge >= 0.3 is 41.2 Å². The molecule has 0 saturated heterocycles. The van der Waals surface area contributed by atoms with Crippen LogP contribution in [0.4, 0.5) is 51.8 Å². The van der Waals surface area contributed by atoms with Crippen LogP contribution in [0.3, 0.4) is 0 Å². The van der Waals surface area contributed by atoms with E-state index < -0.39 is 21.8 Å². The van der Waals surface area contributed by atoms with Crippen LogP contribution in [0.2, 0.25) is 0 Å². The fourth-order valence-corrected chi connectivity index (χ4v) is 1.71. The van der Waals surface area contributed by atoms with Crippen molar-refractivity contribution in [2.75, 3.05) is 0 Å². The zero-order valence-electron chi connectivity index (χ0n) is 16.9. The van der Waals surface area contributed by atoms with E-state index in [2.05, 4.69) is 48.6 Å². The monoisotopic (exact) mass is 580 g/mol. The molecule has 2 aliphatic rings. The van der Waals surface area contributed by atoms with Crippen LogP contribution < -0.4 is 0 Å². The van der Waals surface area contributed by atoms with Gasteiger partial charge in [0.25, 0.3) is 0 Å². The van der Waals surface area contributed by atoms with Crippen molar-refractivity contribution in [1.82, 2.24) is 0 Å². The molecule has 2 aliphatic carbocycles. The molecule has 0 heterocycles. The van der Waals surface area contributed by atoms with Crippen molar-refractivity contribution in [1.29, 1.82) is 0 Å². The second kappa shape index (κ2) is 23.1. The van der Waals surface area contributed by atoms with Gasteiger partial charge in [0.2, 0.25) is 0 Å². The first-order chi connectivity index (χ1) is 14.0. The van der Waals surface area contributed by atoms with Crippen molar-refractivity contribution in [2.45, 2.75) is 51.4 Å². The number of rotatable bonds is 0. The quantitative estimate of drug-likeness (QED) is 0.152. The van der Waals surface area contributed by atoms with Crippen LogP contribution in [-0.2, 0) is 19.5 Å². The number of hydrogen-bond acceptors (Lipinski definition) is 0. The Bertz CT molecular complexity index is 385. The smallest absolute Gasteiger partial charge is 0.418 e. The van der Waals surface area contributed by atoms with E-state index in [0.717, 1.165) is 0 Å². The van der Waals surface area contributed by atoms with Crippen LogP contribution in [0, 0.1) is 0 Å². The van der Waals surface area contributed by atoms with Crippen molar-refractivity contribution in [3.63, 3.8) is 0 Å². The third-order valence-electron chi connectivity index (χ3n) is 2.67. The molecule has 0 fully saturated rings. The van der Waals surface area contributed by atoms with Gasteiger partial charge in [0.05, 0.1) is 0 Å². The summed E-state index contributed by atoms with van der Waals surface area (Å²) < 4.78 is 117. The van der Waals surface area contributed by atoms with E-state index in [1.165, 1.54) is 51.4 Å². The van der Waals surface area contributed by atoms with Gasteiger partial charge in [-0.15, -0.1) is 0 Å². The van der Waals surface area contributed by atoms with E-state index in [1.807, 2.05) is 0 Å². The molecule has 0 N–H and O–H groups in total. The SMILES string of the molecule is C1=C\CC/C=C\CC/1.C1=C\CC/C=C\CC/1.F[B-](F)(F)F.F[B-](F)(F)F.F[B-](F)(F)F.[Rh+3]. The third-order valence-corrected chi connectivity index (χ3v) is 2.67. The Kier molecular flexibility index (Phi) is 27.6. The maximum absolute atomic E-state index is 9.75. The third kappa shape index (κ3) is 101. The molecule has 32 heavy (non-hydrogen) atoms. The molecule has 0 atom stereocenters. The molecule has 0 aromatic rings. The van der Waals surface area contributed by atoms with E-state index in [9.17, 15) is 51.8 Å². The first kappa shape index (κ1) is 38.2. The average molecular weight is 580 g/mol. The molecule has 190 valence electrons. The van der Waals surface area contributed by atoms with Gasteiger partial charge in [-0.25, -0.2) is 0 Å². The number of allylic oxidation sites excluding steroid dienone is 8. The van der Waals surface area contributed by atoms with E-state index >= 15 is 0 Å². The van der Waals surface area contributed by atoms with Crippen LogP contribution in [-0.4, -0.2) is 21.8 Å². The Morgan fingerprint density at radius 1 is 0.281 bits per heavy atom. The largest absolute Gasteiger partial charge is 3.00 e.